The number of nitrogens with two attached hydrogens (primary N) is 3. The van der Waals surface area contributed by atoms with Gasteiger partial charge in [0.05, 0.1) is 24.6 Å². The van der Waals surface area contributed by atoms with Crippen molar-refractivity contribution in [3.63, 3.8) is 0 Å². The minimum absolute atomic E-state index is 0.187. The van der Waals surface area contributed by atoms with Gasteiger partial charge >= 0.3 is 0 Å². The van der Waals surface area contributed by atoms with Crippen LogP contribution < -0.4 is 26.7 Å². The van der Waals surface area contributed by atoms with Gasteiger partial charge in [0.15, 0.2) is 0 Å². The lowest BCUT2D eigenvalue weighted by Crippen LogP contribution is -2.06. The first-order chi connectivity index (χ1) is 17.9. The van der Waals surface area contributed by atoms with E-state index in [0.717, 1.165) is 58.0 Å². The summed E-state index contributed by atoms with van der Waals surface area (Å²) in [6, 6.07) is 15.6. The number of hydrogen-bond donors (Lipinski definition) is 3. The van der Waals surface area contributed by atoms with Crippen LogP contribution in [0.25, 0.3) is 22.3 Å². The second-order valence-electron chi connectivity index (χ2n) is 8.57. The number of hydrogen-bond acceptors (Lipinski definition) is 9. The van der Waals surface area contributed by atoms with Crippen molar-refractivity contribution < 1.29 is 9.47 Å². The van der Waals surface area contributed by atoms with Gasteiger partial charge in [0, 0.05) is 17.5 Å². The van der Waals surface area contributed by atoms with Crippen LogP contribution in [0.1, 0.15) is 37.5 Å². The average molecular weight is 500 g/mol. The fraction of sp³-hybridized carbons (Fsp3) is 0.286. The molecule has 0 spiro atoms. The van der Waals surface area contributed by atoms with Crippen LogP contribution in [-0.2, 0) is 12.8 Å². The predicted octanol–water partition coefficient (Wildman–Crippen LogP) is 4.63. The summed E-state index contributed by atoms with van der Waals surface area (Å²) in [6.45, 7) is 6.99. The molecule has 0 amide bonds. The summed E-state index contributed by atoms with van der Waals surface area (Å²) in [5.74, 6) is 3.30. The third-order valence-corrected chi connectivity index (χ3v) is 5.93. The van der Waals surface area contributed by atoms with Crippen molar-refractivity contribution in [3.8, 4) is 33.8 Å². The molecule has 0 saturated heterocycles. The van der Waals surface area contributed by atoms with Crippen molar-refractivity contribution in [3.05, 3.63) is 65.7 Å². The lowest BCUT2D eigenvalue weighted by atomic mass is 10.0. The molecule has 37 heavy (non-hydrogen) atoms. The molecule has 192 valence electrons. The standard InChI is InChI=1S/C28H33N7O2/c1-4-22-24(26(29)33-17(3)32-22)18-7-11-20(12-8-18)36-15-6-16-37-21-13-9-19(10-14-21)25-23(5-2)34-28(31)35-27(25)30/h7-14H,4-6,15-16H2,1-3H3,(H2,29,32,33)(H4,30,31,34,35). The van der Waals surface area contributed by atoms with E-state index in [1.54, 1.807) is 0 Å². The smallest absolute Gasteiger partial charge is 0.222 e. The lowest BCUT2D eigenvalue weighted by molar-refractivity contribution is 0.247. The van der Waals surface area contributed by atoms with Crippen molar-refractivity contribution in [2.45, 2.75) is 40.0 Å². The van der Waals surface area contributed by atoms with E-state index in [4.69, 9.17) is 26.7 Å². The summed E-state index contributed by atoms with van der Waals surface area (Å²) in [4.78, 5) is 17.3. The molecule has 0 aliphatic heterocycles. The molecule has 0 radical (unpaired) electrons. The van der Waals surface area contributed by atoms with Gasteiger partial charge in [-0.2, -0.15) is 4.98 Å². The molecule has 6 N–H and O–H groups in total. The Bertz CT molecular complexity index is 1250. The molecule has 2 aromatic carbocycles. The average Bonchev–Trinajstić information content (AvgIpc) is 2.88. The van der Waals surface area contributed by atoms with Gasteiger partial charge in [-0.15, -0.1) is 0 Å². The zero-order valence-corrected chi connectivity index (χ0v) is 21.5. The lowest BCUT2D eigenvalue weighted by Gasteiger charge is -2.13. The summed E-state index contributed by atoms with van der Waals surface area (Å²) >= 11 is 0. The Kier molecular flexibility index (Phi) is 8.02. The highest BCUT2D eigenvalue weighted by atomic mass is 16.5. The van der Waals surface area contributed by atoms with Gasteiger partial charge in [-0.25, -0.2) is 15.0 Å². The van der Waals surface area contributed by atoms with E-state index in [2.05, 4.69) is 26.9 Å². The largest absolute Gasteiger partial charge is 0.493 e. The minimum Gasteiger partial charge on any atom is -0.493 e. The Balaban J connectivity index is 1.28. The molecule has 0 bridgehead atoms. The molecular weight excluding hydrogens is 466 g/mol. The molecule has 2 heterocycles. The highest BCUT2D eigenvalue weighted by molar-refractivity contribution is 5.77. The highest BCUT2D eigenvalue weighted by Crippen LogP contribution is 2.31. The first-order valence-electron chi connectivity index (χ1n) is 12.4. The SMILES string of the molecule is CCc1nc(C)nc(N)c1-c1ccc(OCCCOc2ccc(-c3c(N)nc(N)nc3CC)cc2)cc1. The van der Waals surface area contributed by atoms with Gasteiger partial charge in [-0.05, 0) is 55.2 Å². The summed E-state index contributed by atoms with van der Waals surface area (Å²) in [5.41, 5.74) is 23.4. The van der Waals surface area contributed by atoms with Gasteiger partial charge in [0.2, 0.25) is 5.95 Å². The van der Waals surface area contributed by atoms with E-state index in [9.17, 15) is 0 Å². The quantitative estimate of drug-likeness (QED) is 0.266. The normalized spacial score (nSPS) is 10.9. The zero-order valence-electron chi connectivity index (χ0n) is 21.5. The van der Waals surface area contributed by atoms with Gasteiger partial charge in [0.25, 0.3) is 0 Å². The molecule has 4 rings (SSSR count). The number of nitrogen functional groups attached to an aromatic ring is 3. The van der Waals surface area contributed by atoms with E-state index in [0.29, 0.717) is 37.1 Å². The second kappa shape index (κ2) is 11.6. The van der Waals surface area contributed by atoms with Crippen molar-refractivity contribution in [1.82, 2.24) is 19.9 Å². The molecule has 4 aromatic rings. The van der Waals surface area contributed by atoms with Crippen molar-refractivity contribution in [2.75, 3.05) is 30.4 Å². The fourth-order valence-corrected chi connectivity index (χ4v) is 4.22. The zero-order chi connectivity index (χ0) is 26.4. The molecule has 9 heteroatoms. The molecule has 0 unspecified atom stereocenters. The van der Waals surface area contributed by atoms with Crippen LogP contribution in [0.4, 0.5) is 17.6 Å². The number of nitrogens with zero attached hydrogens (tertiary/aromatic N) is 4. The highest BCUT2D eigenvalue weighted by Gasteiger charge is 2.13. The third-order valence-electron chi connectivity index (χ3n) is 5.93. The topological polar surface area (TPSA) is 148 Å². The molecule has 0 aliphatic rings. The summed E-state index contributed by atoms with van der Waals surface area (Å²) in [6.07, 6.45) is 2.23. The first-order valence-corrected chi connectivity index (χ1v) is 12.4. The molecule has 2 aromatic heterocycles. The summed E-state index contributed by atoms with van der Waals surface area (Å²) in [5, 5.41) is 0. The maximum atomic E-state index is 6.18. The fourth-order valence-electron chi connectivity index (χ4n) is 4.22. The Morgan fingerprint density at radius 3 is 1.57 bits per heavy atom. The van der Waals surface area contributed by atoms with Gasteiger partial charge < -0.3 is 26.7 Å². The molecule has 0 saturated carbocycles. The molecule has 0 fully saturated rings. The van der Waals surface area contributed by atoms with Crippen LogP contribution in [0.15, 0.2) is 48.5 Å². The van der Waals surface area contributed by atoms with E-state index in [-0.39, 0.29) is 5.95 Å². The molecular formula is C28H33N7O2. The summed E-state index contributed by atoms with van der Waals surface area (Å²) in [7, 11) is 0. The maximum Gasteiger partial charge on any atom is 0.222 e. The van der Waals surface area contributed by atoms with Crippen LogP contribution in [0.3, 0.4) is 0 Å². The van der Waals surface area contributed by atoms with E-state index >= 15 is 0 Å². The number of anilines is 3. The Morgan fingerprint density at radius 2 is 1.08 bits per heavy atom. The van der Waals surface area contributed by atoms with Crippen molar-refractivity contribution in [2.24, 2.45) is 0 Å². The van der Waals surface area contributed by atoms with Crippen LogP contribution in [0.2, 0.25) is 0 Å². The van der Waals surface area contributed by atoms with Crippen molar-refractivity contribution in [1.29, 1.82) is 0 Å². The van der Waals surface area contributed by atoms with Gasteiger partial charge in [0.1, 0.15) is 29.0 Å². The van der Waals surface area contributed by atoms with E-state index < -0.39 is 0 Å². The van der Waals surface area contributed by atoms with Crippen LogP contribution in [0, 0.1) is 6.92 Å². The Hall–Kier alpha value is -4.40. The second-order valence-corrected chi connectivity index (χ2v) is 8.57. The maximum absolute atomic E-state index is 6.18. The Labute approximate surface area is 217 Å². The van der Waals surface area contributed by atoms with Crippen LogP contribution >= 0.6 is 0 Å². The van der Waals surface area contributed by atoms with Crippen molar-refractivity contribution >= 4 is 17.6 Å². The molecule has 0 aliphatic carbocycles. The first kappa shape index (κ1) is 25.7. The molecule has 0 atom stereocenters. The van der Waals surface area contributed by atoms with Crippen LogP contribution in [0.5, 0.6) is 11.5 Å². The Morgan fingerprint density at radius 1 is 0.622 bits per heavy atom. The number of benzene rings is 2. The molecule has 9 nitrogen and oxygen atoms in total. The number of aromatic nitrogens is 4. The minimum atomic E-state index is 0.187. The van der Waals surface area contributed by atoms with E-state index in [1.807, 2.05) is 62.4 Å². The predicted molar refractivity (Wildman–Crippen MR) is 147 cm³/mol. The van der Waals surface area contributed by atoms with Gasteiger partial charge in [-0.1, -0.05) is 38.1 Å². The third kappa shape index (κ3) is 6.06. The monoisotopic (exact) mass is 499 g/mol. The van der Waals surface area contributed by atoms with Crippen LogP contribution in [-0.4, -0.2) is 33.1 Å². The number of ether oxygens (including phenoxy) is 2. The number of aryl methyl sites for hydroxylation is 3. The van der Waals surface area contributed by atoms with E-state index in [1.165, 1.54) is 0 Å². The summed E-state index contributed by atoms with van der Waals surface area (Å²) < 4.78 is 11.8. The van der Waals surface area contributed by atoms with Gasteiger partial charge in [-0.3, -0.25) is 0 Å². The number of rotatable bonds is 10.